The highest BCUT2D eigenvalue weighted by Crippen LogP contribution is 2.26. The zero-order chi connectivity index (χ0) is 14.0. The molecule has 0 radical (unpaired) electrons. The molecule has 0 bridgehead atoms. The van der Waals surface area contributed by atoms with E-state index < -0.39 is 11.4 Å². The normalized spacial score (nSPS) is 24.8. The molecule has 19 heavy (non-hydrogen) atoms. The fourth-order valence-corrected chi connectivity index (χ4v) is 3.08. The fraction of sp³-hybridized carbons (Fsp3) is 0.857. The van der Waals surface area contributed by atoms with Gasteiger partial charge in [-0.25, -0.2) is 0 Å². The Morgan fingerprint density at radius 1 is 1.16 bits per heavy atom. The Hall–Kier alpha value is -1.10. The third-order valence-electron chi connectivity index (χ3n) is 4.35. The molecule has 0 aromatic carbocycles. The summed E-state index contributed by atoms with van der Waals surface area (Å²) in [4.78, 5) is 28.5. The summed E-state index contributed by atoms with van der Waals surface area (Å²) in [6, 6.07) is 0.472. The van der Waals surface area contributed by atoms with Crippen molar-refractivity contribution in [3.63, 3.8) is 0 Å². The van der Waals surface area contributed by atoms with Gasteiger partial charge in [0.15, 0.2) is 0 Å². The molecule has 0 aliphatic carbocycles. The highest BCUT2D eigenvalue weighted by Gasteiger charge is 2.42. The average molecular weight is 268 g/mol. The van der Waals surface area contributed by atoms with Gasteiger partial charge in [-0.1, -0.05) is 6.42 Å². The molecule has 1 unspecified atom stereocenters. The number of fused-ring (bicyclic) bond motifs is 1. The molecular weight excluding hydrogens is 244 g/mol. The Kier molecular flexibility index (Phi) is 4.13. The van der Waals surface area contributed by atoms with Gasteiger partial charge in [0.05, 0.1) is 7.11 Å². The van der Waals surface area contributed by atoms with E-state index in [2.05, 4.69) is 4.90 Å². The lowest BCUT2D eigenvalue weighted by Gasteiger charge is -2.45. The van der Waals surface area contributed by atoms with Gasteiger partial charge in [0.25, 0.3) is 0 Å². The molecule has 0 aromatic rings. The molecule has 2 aliphatic heterocycles. The van der Waals surface area contributed by atoms with E-state index in [1.165, 1.54) is 20.0 Å². The number of hydrogen-bond donors (Lipinski definition) is 0. The molecule has 0 aromatic heterocycles. The van der Waals surface area contributed by atoms with Crippen molar-refractivity contribution in [2.24, 2.45) is 5.41 Å². The van der Waals surface area contributed by atoms with Crippen LogP contribution in [-0.4, -0.2) is 61.0 Å². The summed E-state index contributed by atoms with van der Waals surface area (Å²) in [5, 5.41) is 0. The largest absolute Gasteiger partial charge is 0.468 e. The van der Waals surface area contributed by atoms with Gasteiger partial charge in [-0.3, -0.25) is 14.5 Å². The minimum absolute atomic E-state index is 0.107. The second-order valence-corrected chi connectivity index (χ2v) is 6.05. The molecular formula is C14H24N2O3. The van der Waals surface area contributed by atoms with Crippen molar-refractivity contribution >= 4 is 11.9 Å². The maximum atomic E-state index is 12.5. The molecule has 0 spiro atoms. The van der Waals surface area contributed by atoms with Gasteiger partial charge in [-0.15, -0.1) is 0 Å². The summed E-state index contributed by atoms with van der Waals surface area (Å²) in [7, 11) is 1.33. The van der Waals surface area contributed by atoms with E-state index in [1.54, 1.807) is 13.8 Å². The third-order valence-corrected chi connectivity index (χ3v) is 4.35. The van der Waals surface area contributed by atoms with E-state index in [0.717, 1.165) is 32.6 Å². The Balaban J connectivity index is 2.02. The van der Waals surface area contributed by atoms with E-state index in [9.17, 15) is 9.59 Å². The minimum Gasteiger partial charge on any atom is -0.468 e. The van der Waals surface area contributed by atoms with Gasteiger partial charge in [0, 0.05) is 25.7 Å². The lowest BCUT2D eigenvalue weighted by Crippen LogP contribution is -2.59. The number of piperidine rings is 1. The molecule has 2 rings (SSSR count). The highest BCUT2D eigenvalue weighted by molar-refractivity contribution is 6.01. The van der Waals surface area contributed by atoms with Crippen molar-refractivity contribution in [1.82, 2.24) is 9.80 Å². The summed E-state index contributed by atoms with van der Waals surface area (Å²) < 4.78 is 4.74. The number of carbonyl (C=O) groups is 2. The van der Waals surface area contributed by atoms with Gasteiger partial charge in [0.2, 0.25) is 5.91 Å². The standard InChI is InChI=1S/C14H24N2O3/c1-14(2,13(18)19-3)12(17)16-9-8-15-7-5-4-6-11(15)10-16/h11H,4-10H2,1-3H3. The number of methoxy groups -OCH3 is 1. The molecule has 2 saturated heterocycles. The first-order chi connectivity index (χ1) is 8.96. The number of piperazine rings is 1. The fourth-order valence-electron chi connectivity index (χ4n) is 3.08. The van der Waals surface area contributed by atoms with Gasteiger partial charge < -0.3 is 9.64 Å². The Morgan fingerprint density at radius 2 is 1.89 bits per heavy atom. The van der Waals surface area contributed by atoms with Crippen LogP contribution in [0.25, 0.3) is 0 Å². The number of amides is 1. The molecule has 2 aliphatic rings. The van der Waals surface area contributed by atoms with Crippen LogP contribution in [0.3, 0.4) is 0 Å². The molecule has 5 heteroatoms. The quantitative estimate of drug-likeness (QED) is 0.551. The first-order valence-electron chi connectivity index (χ1n) is 7.08. The summed E-state index contributed by atoms with van der Waals surface area (Å²) in [5.74, 6) is -0.562. The van der Waals surface area contributed by atoms with Crippen LogP contribution in [0.2, 0.25) is 0 Å². The monoisotopic (exact) mass is 268 g/mol. The smallest absolute Gasteiger partial charge is 0.320 e. The van der Waals surface area contributed by atoms with Crippen LogP contribution in [0.5, 0.6) is 0 Å². The van der Waals surface area contributed by atoms with Crippen LogP contribution in [-0.2, 0) is 14.3 Å². The summed E-state index contributed by atoms with van der Waals surface area (Å²) in [5.41, 5.74) is -1.08. The van der Waals surface area contributed by atoms with Crippen LogP contribution in [0.15, 0.2) is 0 Å². The first-order valence-corrected chi connectivity index (χ1v) is 7.08. The maximum Gasteiger partial charge on any atom is 0.320 e. The SMILES string of the molecule is COC(=O)C(C)(C)C(=O)N1CCN2CCCCC2C1. The third kappa shape index (κ3) is 2.76. The predicted molar refractivity (Wildman–Crippen MR) is 71.6 cm³/mol. The van der Waals surface area contributed by atoms with Crippen LogP contribution in [0.1, 0.15) is 33.1 Å². The molecule has 2 fully saturated rings. The van der Waals surface area contributed by atoms with Crippen molar-refractivity contribution < 1.29 is 14.3 Å². The summed E-state index contributed by atoms with van der Waals surface area (Å²) in [6.07, 6.45) is 3.66. The number of nitrogens with zero attached hydrogens (tertiary/aromatic N) is 2. The first kappa shape index (κ1) is 14.3. The topological polar surface area (TPSA) is 49.9 Å². The predicted octanol–water partition coefficient (Wildman–Crippen LogP) is 0.882. The summed E-state index contributed by atoms with van der Waals surface area (Å²) in [6.45, 7) is 6.83. The zero-order valence-corrected chi connectivity index (χ0v) is 12.1. The Morgan fingerprint density at radius 3 is 2.58 bits per heavy atom. The average Bonchev–Trinajstić information content (AvgIpc) is 2.44. The molecule has 0 saturated carbocycles. The van der Waals surface area contributed by atoms with Gasteiger partial charge in [-0.2, -0.15) is 0 Å². The van der Waals surface area contributed by atoms with Crippen LogP contribution in [0, 0.1) is 5.41 Å². The van der Waals surface area contributed by atoms with Gasteiger partial charge in [0.1, 0.15) is 5.41 Å². The lowest BCUT2D eigenvalue weighted by molar-refractivity contribution is -0.162. The van der Waals surface area contributed by atoms with Crippen LogP contribution < -0.4 is 0 Å². The van der Waals surface area contributed by atoms with Crippen molar-refractivity contribution in [1.29, 1.82) is 0 Å². The second kappa shape index (κ2) is 5.49. The van der Waals surface area contributed by atoms with E-state index in [4.69, 9.17) is 4.74 Å². The number of esters is 1. The van der Waals surface area contributed by atoms with E-state index in [-0.39, 0.29) is 5.91 Å². The maximum absolute atomic E-state index is 12.5. The van der Waals surface area contributed by atoms with Gasteiger partial charge in [-0.05, 0) is 33.2 Å². The van der Waals surface area contributed by atoms with E-state index in [0.29, 0.717) is 6.04 Å². The zero-order valence-electron chi connectivity index (χ0n) is 12.1. The molecule has 108 valence electrons. The number of carbonyl (C=O) groups excluding carboxylic acids is 2. The lowest BCUT2D eigenvalue weighted by atomic mass is 9.90. The Bertz CT molecular complexity index is 368. The van der Waals surface area contributed by atoms with Crippen LogP contribution in [0.4, 0.5) is 0 Å². The van der Waals surface area contributed by atoms with E-state index >= 15 is 0 Å². The van der Waals surface area contributed by atoms with Crippen molar-refractivity contribution in [3.05, 3.63) is 0 Å². The Labute approximate surface area is 114 Å². The molecule has 1 amide bonds. The van der Waals surface area contributed by atoms with Crippen molar-refractivity contribution in [2.45, 2.75) is 39.2 Å². The molecule has 2 heterocycles. The number of rotatable bonds is 2. The minimum atomic E-state index is -1.08. The van der Waals surface area contributed by atoms with Gasteiger partial charge >= 0.3 is 5.97 Å². The van der Waals surface area contributed by atoms with E-state index in [1.807, 2.05) is 4.90 Å². The van der Waals surface area contributed by atoms with Crippen LogP contribution >= 0.6 is 0 Å². The van der Waals surface area contributed by atoms with Crippen molar-refractivity contribution in [2.75, 3.05) is 33.3 Å². The van der Waals surface area contributed by atoms with Crippen molar-refractivity contribution in [3.8, 4) is 0 Å². The highest BCUT2D eigenvalue weighted by atomic mass is 16.5. The number of ether oxygens (including phenoxy) is 1. The molecule has 1 atom stereocenters. The number of hydrogen-bond acceptors (Lipinski definition) is 4. The molecule has 5 nitrogen and oxygen atoms in total. The summed E-state index contributed by atoms with van der Waals surface area (Å²) >= 11 is 0. The molecule has 0 N–H and O–H groups in total. The second-order valence-electron chi connectivity index (χ2n) is 6.05.